The molecule has 1 N–H and O–H groups in total. The van der Waals surface area contributed by atoms with Gasteiger partial charge in [-0.05, 0) is 31.5 Å². The highest BCUT2D eigenvalue weighted by Gasteiger charge is 2.23. The SMILES string of the molecule is CCOC(=O)c1cc(-c2ccccc2)sc1NC(=O)c1c(C)nc2cc(Cl)ccn12. The van der Waals surface area contributed by atoms with Gasteiger partial charge in [-0.1, -0.05) is 41.9 Å². The van der Waals surface area contributed by atoms with E-state index in [0.717, 1.165) is 10.4 Å². The summed E-state index contributed by atoms with van der Waals surface area (Å²) in [5.74, 6) is -0.845. The summed E-state index contributed by atoms with van der Waals surface area (Å²) in [6.45, 7) is 3.75. The first kappa shape index (κ1) is 20.1. The summed E-state index contributed by atoms with van der Waals surface area (Å²) in [6.07, 6.45) is 1.70. The summed E-state index contributed by atoms with van der Waals surface area (Å²) in [4.78, 5) is 30.9. The molecule has 0 bridgehead atoms. The summed E-state index contributed by atoms with van der Waals surface area (Å²) in [5.41, 5.74) is 2.79. The molecule has 3 heterocycles. The number of hydrogen-bond donors (Lipinski definition) is 1. The van der Waals surface area contributed by atoms with Crippen molar-refractivity contribution in [3.63, 3.8) is 0 Å². The van der Waals surface area contributed by atoms with Crippen LogP contribution in [-0.4, -0.2) is 27.9 Å². The average molecular weight is 440 g/mol. The van der Waals surface area contributed by atoms with Gasteiger partial charge in [-0.3, -0.25) is 9.20 Å². The lowest BCUT2D eigenvalue weighted by Crippen LogP contribution is -2.17. The van der Waals surface area contributed by atoms with Crippen molar-refractivity contribution in [1.29, 1.82) is 0 Å². The zero-order chi connectivity index (χ0) is 21.3. The van der Waals surface area contributed by atoms with Crippen LogP contribution in [0.2, 0.25) is 5.02 Å². The van der Waals surface area contributed by atoms with Crippen LogP contribution < -0.4 is 5.32 Å². The number of esters is 1. The molecule has 0 aliphatic heterocycles. The molecule has 30 heavy (non-hydrogen) atoms. The number of rotatable bonds is 5. The molecule has 0 radical (unpaired) electrons. The van der Waals surface area contributed by atoms with E-state index in [9.17, 15) is 9.59 Å². The maximum absolute atomic E-state index is 13.1. The molecule has 0 fully saturated rings. The van der Waals surface area contributed by atoms with Crippen molar-refractivity contribution in [3.05, 3.63) is 76.7 Å². The Balaban J connectivity index is 1.73. The number of fused-ring (bicyclic) bond motifs is 1. The molecule has 6 nitrogen and oxygen atoms in total. The number of pyridine rings is 1. The Hall–Kier alpha value is -3.16. The molecule has 152 valence electrons. The molecule has 0 spiro atoms. The summed E-state index contributed by atoms with van der Waals surface area (Å²) in [6, 6.07) is 14.8. The van der Waals surface area contributed by atoms with Crippen molar-refractivity contribution >= 4 is 45.5 Å². The van der Waals surface area contributed by atoms with Gasteiger partial charge in [0.1, 0.15) is 16.3 Å². The van der Waals surface area contributed by atoms with Crippen molar-refractivity contribution in [1.82, 2.24) is 9.38 Å². The van der Waals surface area contributed by atoms with E-state index in [0.29, 0.717) is 32.6 Å². The van der Waals surface area contributed by atoms with E-state index in [1.54, 1.807) is 42.6 Å². The highest BCUT2D eigenvalue weighted by atomic mass is 35.5. The van der Waals surface area contributed by atoms with E-state index in [-0.39, 0.29) is 12.5 Å². The number of nitrogens with zero attached hydrogens (tertiary/aromatic N) is 2. The fourth-order valence-electron chi connectivity index (χ4n) is 3.16. The minimum absolute atomic E-state index is 0.246. The van der Waals surface area contributed by atoms with Gasteiger partial charge in [-0.25, -0.2) is 9.78 Å². The van der Waals surface area contributed by atoms with E-state index >= 15 is 0 Å². The molecule has 0 aliphatic carbocycles. The smallest absolute Gasteiger partial charge is 0.341 e. The number of thiophene rings is 1. The normalized spacial score (nSPS) is 10.9. The quantitative estimate of drug-likeness (QED) is 0.419. The second-order valence-corrected chi connectivity index (χ2v) is 8.00. The number of nitrogens with one attached hydrogen (secondary N) is 1. The first-order chi connectivity index (χ1) is 14.5. The number of imidazole rings is 1. The summed E-state index contributed by atoms with van der Waals surface area (Å²) in [5, 5.41) is 3.84. The van der Waals surface area contributed by atoms with Crippen LogP contribution >= 0.6 is 22.9 Å². The topological polar surface area (TPSA) is 72.7 Å². The number of carbonyl (C=O) groups is 2. The molecule has 3 aromatic heterocycles. The molecule has 1 amide bonds. The standard InChI is InChI=1S/C22H18ClN3O3S/c1-3-29-22(28)16-12-17(14-7-5-4-6-8-14)30-21(16)25-20(27)19-13(2)24-18-11-15(23)9-10-26(18)19/h4-12H,3H2,1-2H3,(H,25,27). The Morgan fingerprint density at radius 3 is 2.70 bits per heavy atom. The van der Waals surface area contributed by atoms with Gasteiger partial charge in [-0.2, -0.15) is 0 Å². The number of anilines is 1. The van der Waals surface area contributed by atoms with Crippen molar-refractivity contribution in [2.45, 2.75) is 13.8 Å². The third-order valence-corrected chi connectivity index (χ3v) is 5.83. The number of ether oxygens (including phenoxy) is 1. The predicted octanol–water partition coefficient (Wildman–Crippen LogP) is 5.45. The fourth-order valence-corrected chi connectivity index (χ4v) is 4.36. The minimum Gasteiger partial charge on any atom is -0.462 e. The number of hydrogen-bond acceptors (Lipinski definition) is 5. The third-order valence-electron chi connectivity index (χ3n) is 4.49. The number of aromatic nitrogens is 2. The van der Waals surface area contributed by atoms with Crippen molar-refractivity contribution in [2.75, 3.05) is 11.9 Å². The molecule has 1 aromatic carbocycles. The summed E-state index contributed by atoms with van der Waals surface area (Å²) in [7, 11) is 0. The number of halogens is 1. The lowest BCUT2D eigenvalue weighted by Gasteiger charge is -2.07. The predicted molar refractivity (Wildman–Crippen MR) is 119 cm³/mol. The second-order valence-electron chi connectivity index (χ2n) is 6.51. The maximum Gasteiger partial charge on any atom is 0.341 e. The monoisotopic (exact) mass is 439 g/mol. The molecule has 4 aromatic rings. The number of carbonyl (C=O) groups excluding carboxylic acids is 2. The van der Waals surface area contributed by atoms with Crippen LogP contribution in [0.25, 0.3) is 16.1 Å². The summed E-state index contributed by atoms with van der Waals surface area (Å²) >= 11 is 7.35. The van der Waals surface area contributed by atoms with Crippen molar-refractivity contribution in [2.24, 2.45) is 0 Å². The third kappa shape index (κ3) is 3.81. The first-order valence-electron chi connectivity index (χ1n) is 9.30. The van der Waals surface area contributed by atoms with Gasteiger partial charge in [0.05, 0.1) is 17.9 Å². The first-order valence-corrected chi connectivity index (χ1v) is 10.5. The molecule has 0 atom stereocenters. The molecule has 4 rings (SSSR count). The van der Waals surface area contributed by atoms with Gasteiger partial charge in [0.25, 0.3) is 5.91 Å². The number of amides is 1. The Bertz CT molecular complexity index is 1250. The minimum atomic E-state index is -0.479. The Kier molecular flexibility index (Phi) is 5.57. The Labute approximate surface area is 182 Å². The second kappa shape index (κ2) is 8.30. The lowest BCUT2D eigenvalue weighted by molar-refractivity contribution is 0.0528. The molecule has 0 saturated heterocycles. The highest BCUT2D eigenvalue weighted by Crippen LogP contribution is 2.36. The van der Waals surface area contributed by atoms with Crippen LogP contribution in [0.1, 0.15) is 33.5 Å². The maximum atomic E-state index is 13.1. The number of benzene rings is 1. The lowest BCUT2D eigenvalue weighted by atomic mass is 10.1. The van der Waals surface area contributed by atoms with E-state index in [2.05, 4.69) is 10.3 Å². The highest BCUT2D eigenvalue weighted by molar-refractivity contribution is 7.20. The Morgan fingerprint density at radius 2 is 1.97 bits per heavy atom. The van der Waals surface area contributed by atoms with Gasteiger partial charge in [0, 0.05) is 22.2 Å². The van der Waals surface area contributed by atoms with Gasteiger partial charge in [-0.15, -0.1) is 11.3 Å². The van der Waals surface area contributed by atoms with E-state index in [1.807, 2.05) is 30.3 Å². The fraction of sp³-hybridized carbons (Fsp3) is 0.136. The van der Waals surface area contributed by atoms with Crippen LogP contribution in [0.15, 0.2) is 54.7 Å². The molecular weight excluding hydrogens is 422 g/mol. The van der Waals surface area contributed by atoms with Crippen LogP contribution in [0, 0.1) is 6.92 Å². The van der Waals surface area contributed by atoms with Gasteiger partial charge in [0.15, 0.2) is 0 Å². The molecule has 8 heteroatoms. The van der Waals surface area contributed by atoms with Gasteiger partial charge >= 0.3 is 5.97 Å². The van der Waals surface area contributed by atoms with Crippen LogP contribution in [0.5, 0.6) is 0 Å². The van der Waals surface area contributed by atoms with E-state index in [1.165, 1.54) is 11.3 Å². The molecule has 0 unspecified atom stereocenters. The van der Waals surface area contributed by atoms with Crippen LogP contribution in [0.3, 0.4) is 0 Å². The van der Waals surface area contributed by atoms with Crippen molar-refractivity contribution < 1.29 is 14.3 Å². The molecule has 0 aliphatic rings. The van der Waals surface area contributed by atoms with Crippen molar-refractivity contribution in [3.8, 4) is 10.4 Å². The number of aryl methyl sites for hydroxylation is 1. The summed E-state index contributed by atoms with van der Waals surface area (Å²) < 4.78 is 6.85. The van der Waals surface area contributed by atoms with Gasteiger partial charge < -0.3 is 10.1 Å². The van der Waals surface area contributed by atoms with Gasteiger partial charge in [0.2, 0.25) is 0 Å². The van der Waals surface area contributed by atoms with Crippen LogP contribution in [0.4, 0.5) is 5.00 Å². The Morgan fingerprint density at radius 1 is 1.20 bits per heavy atom. The average Bonchev–Trinajstić information content (AvgIpc) is 3.28. The zero-order valence-corrected chi connectivity index (χ0v) is 17.9. The van der Waals surface area contributed by atoms with E-state index < -0.39 is 5.97 Å². The molecular formula is C22H18ClN3O3S. The van der Waals surface area contributed by atoms with E-state index in [4.69, 9.17) is 16.3 Å². The van der Waals surface area contributed by atoms with Crippen LogP contribution in [-0.2, 0) is 4.74 Å². The molecule has 0 saturated carbocycles. The zero-order valence-electron chi connectivity index (χ0n) is 16.3. The largest absolute Gasteiger partial charge is 0.462 e.